The van der Waals surface area contributed by atoms with E-state index in [1.165, 1.54) is 5.56 Å². The van der Waals surface area contributed by atoms with Crippen LogP contribution in [-0.4, -0.2) is 17.9 Å². The van der Waals surface area contributed by atoms with Crippen LogP contribution >= 0.6 is 0 Å². The van der Waals surface area contributed by atoms with Crippen molar-refractivity contribution in [1.82, 2.24) is 4.90 Å². The van der Waals surface area contributed by atoms with Gasteiger partial charge in [-0.15, -0.1) is 0 Å². The molecule has 0 bridgehead atoms. The van der Waals surface area contributed by atoms with Gasteiger partial charge in [-0.2, -0.15) is 0 Å². The first kappa shape index (κ1) is 14.4. The van der Waals surface area contributed by atoms with E-state index in [4.69, 9.17) is 4.42 Å². The molecule has 0 radical (unpaired) electrons. The summed E-state index contributed by atoms with van der Waals surface area (Å²) in [6.07, 6.45) is 0. The van der Waals surface area contributed by atoms with Crippen LogP contribution in [0.3, 0.4) is 0 Å². The average molecular weight is 271 g/mol. The molecule has 1 amide bonds. The molecule has 1 heterocycles. The number of benzene rings is 1. The minimum absolute atomic E-state index is 0.00867. The third kappa shape index (κ3) is 3.29. The zero-order valence-electron chi connectivity index (χ0n) is 12.5. The fraction of sp³-hybridized carbons (Fsp3) is 0.353. The van der Waals surface area contributed by atoms with Crippen molar-refractivity contribution in [2.24, 2.45) is 0 Å². The van der Waals surface area contributed by atoms with E-state index in [-0.39, 0.29) is 5.91 Å². The fourth-order valence-electron chi connectivity index (χ4n) is 2.11. The molecule has 0 saturated heterocycles. The van der Waals surface area contributed by atoms with E-state index in [9.17, 15) is 4.79 Å². The molecule has 0 unspecified atom stereocenters. The Labute approximate surface area is 120 Å². The smallest absolute Gasteiger partial charge is 0.254 e. The van der Waals surface area contributed by atoms with Crippen LogP contribution in [0.25, 0.3) is 0 Å². The summed E-state index contributed by atoms with van der Waals surface area (Å²) in [6.45, 7) is 6.67. The Kier molecular flexibility index (Phi) is 4.28. The highest BCUT2D eigenvalue weighted by Gasteiger charge is 2.13. The first-order valence-electron chi connectivity index (χ1n) is 6.88. The molecule has 0 aliphatic rings. The summed E-state index contributed by atoms with van der Waals surface area (Å²) >= 11 is 0. The largest absolute Gasteiger partial charge is 0.464 e. The Morgan fingerprint density at radius 3 is 2.30 bits per heavy atom. The molecule has 0 saturated carbocycles. The summed E-state index contributed by atoms with van der Waals surface area (Å²) < 4.78 is 5.50. The van der Waals surface area contributed by atoms with Crippen LogP contribution in [0.2, 0.25) is 0 Å². The van der Waals surface area contributed by atoms with Crippen molar-refractivity contribution in [1.29, 1.82) is 0 Å². The van der Waals surface area contributed by atoms with Gasteiger partial charge in [-0.05, 0) is 42.7 Å². The summed E-state index contributed by atoms with van der Waals surface area (Å²) in [5.41, 5.74) is 1.95. The van der Waals surface area contributed by atoms with Crippen LogP contribution in [0.5, 0.6) is 0 Å². The second-order valence-corrected chi connectivity index (χ2v) is 5.45. The van der Waals surface area contributed by atoms with E-state index in [1.807, 2.05) is 43.3 Å². The molecule has 2 rings (SSSR count). The van der Waals surface area contributed by atoms with Gasteiger partial charge < -0.3 is 9.32 Å². The number of amides is 1. The van der Waals surface area contributed by atoms with Gasteiger partial charge in [0.05, 0.1) is 6.54 Å². The molecule has 3 nitrogen and oxygen atoms in total. The summed E-state index contributed by atoms with van der Waals surface area (Å²) in [6, 6.07) is 11.6. The van der Waals surface area contributed by atoms with Crippen LogP contribution in [0, 0.1) is 6.92 Å². The summed E-state index contributed by atoms with van der Waals surface area (Å²) in [4.78, 5) is 14.0. The van der Waals surface area contributed by atoms with Crippen LogP contribution in [-0.2, 0) is 6.54 Å². The Balaban J connectivity index is 2.06. The van der Waals surface area contributed by atoms with Crippen molar-refractivity contribution in [3.05, 3.63) is 59.0 Å². The Hall–Kier alpha value is -2.03. The Morgan fingerprint density at radius 2 is 1.80 bits per heavy atom. The minimum atomic E-state index is 0.00867. The van der Waals surface area contributed by atoms with Gasteiger partial charge in [0.25, 0.3) is 5.91 Å². The third-order valence-electron chi connectivity index (χ3n) is 3.36. The second-order valence-electron chi connectivity index (χ2n) is 5.45. The number of aryl methyl sites for hydroxylation is 1. The molecule has 1 aromatic carbocycles. The zero-order chi connectivity index (χ0) is 14.7. The van der Waals surface area contributed by atoms with Gasteiger partial charge in [0.15, 0.2) is 0 Å². The Bertz CT molecular complexity index is 581. The lowest BCUT2D eigenvalue weighted by atomic mass is 10.0. The van der Waals surface area contributed by atoms with E-state index < -0.39 is 0 Å². The lowest BCUT2D eigenvalue weighted by Crippen LogP contribution is -2.25. The van der Waals surface area contributed by atoms with Crippen molar-refractivity contribution in [3.63, 3.8) is 0 Å². The topological polar surface area (TPSA) is 33.5 Å². The lowest BCUT2D eigenvalue weighted by molar-refractivity contribution is 0.0775. The molecule has 1 aromatic heterocycles. The molecule has 106 valence electrons. The molecule has 0 fully saturated rings. The summed E-state index contributed by atoms with van der Waals surface area (Å²) in [5, 5.41) is 0. The number of hydrogen-bond acceptors (Lipinski definition) is 2. The second kappa shape index (κ2) is 5.95. The van der Waals surface area contributed by atoms with Crippen LogP contribution < -0.4 is 0 Å². The molecule has 2 aromatic rings. The van der Waals surface area contributed by atoms with Crippen molar-refractivity contribution < 1.29 is 9.21 Å². The average Bonchev–Trinajstić information content (AvgIpc) is 2.83. The van der Waals surface area contributed by atoms with Gasteiger partial charge in [-0.1, -0.05) is 26.0 Å². The lowest BCUT2D eigenvalue weighted by Gasteiger charge is -2.16. The maximum absolute atomic E-state index is 12.3. The first-order valence-corrected chi connectivity index (χ1v) is 6.88. The summed E-state index contributed by atoms with van der Waals surface area (Å²) in [5.74, 6) is 2.15. The highest BCUT2D eigenvalue weighted by atomic mass is 16.3. The molecule has 20 heavy (non-hydrogen) atoms. The molecule has 0 aliphatic carbocycles. The van der Waals surface area contributed by atoms with Gasteiger partial charge in [-0.3, -0.25) is 4.79 Å². The third-order valence-corrected chi connectivity index (χ3v) is 3.36. The molecular weight excluding hydrogens is 250 g/mol. The van der Waals surface area contributed by atoms with Crippen LogP contribution in [0.15, 0.2) is 40.8 Å². The van der Waals surface area contributed by atoms with Crippen molar-refractivity contribution >= 4 is 5.91 Å². The Morgan fingerprint density at radius 1 is 1.15 bits per heavy atom. The molecular formula is C17H21NO2. The number of nitrogens with zero attached hydrogens (tertiary/aromatic N) is 1. The minimum Gasteiger partial charge on any atom is -0.464 e. The first-order chi connectivity index (χ1) is 9.47. The molecule has 3 heteroatoms. The monoisotopic (exact) mass is 271 g/mol. The van der Waals surface area contributed by atoms with E-state index in [2.05, 4.69) is 13.8 Å². The number of hydrogen-bond donors (Lipinski definition) is 0. The number of rotatable bonds is 4. The van der Waals surface area contributed by atoms with E-state index in [0.29, 0.717) is 18.0 Å². The fourth-order valence-corrected chi connectivity index (χ4v) is 2.11. The zero-order valence-corrected chi connectivity index (χ0v) is 12.5. The quantitative estimate of drug-likeness (QED) is 0.842. The van der Waals surface area contributed by atoms with Gasteiger partial charge in [-0.25, -0.2) is 0 Å². The highest BCUT2D eigenvalue weighted by molar-refractivity contribution is 5.94. The normalized spacial score (nSPS) is 10.8. The standard InChI is InChI=1S/C17H21NO2/c1-12(2)14-6-8-15(9-7-14)17(19)18(4)11-16-10-5-13(3)20-16/h5-10,12H,11H2,1-4H3. The van der Waals surface area contributed by atoms with E-state index >= 15 is 0 Å². The van der Waals surface area contributed by atoms with E-state index in [1.54, 1.807) is 11.9 Å². The SMILES string of the molecule is Cc1ccc(CN(C)C(=O)c2ccc(C(C)C)cc2)o1. The summed E-state index contributed by atoms with van der Waals surface area (Å²) in [7, 11) is 1.79. The maximum atomic E-state index is 12.3. The molecule has 0 aliphatic heterocycles. The van der Waals surface area contributed by atoms with Gasteiger partial charge in [0.1, 0.15) is 11.5 Å². The van der Waals surface area contributed by atoms with Gasteiger partial charge in [0, 0.05) is 12.6 Å². The van der Waals surface area contributed by atoms with E-state index in [0.717, 1.165) is 11.5 Å². The van der Waals surface area contributed by atoms with Crippen LogP contribution in [0.4, 0.5) is 0 Å². The maximum Gasteiger partial charge on any atom is 0.254 e. The predicted molar refractivity (Wildman–Crippen MR) is 79.8 cm³/mol. The van der Waals surface area contributed by atoms with Crippen molar-refractivity contribution in [2.75, 3.05) is 7.05 Å². The van der Waals surface area contributed by atoms with Crippen molar-refractivity contribution in [2.45, 2.75) is 33.2 Å². The molecule has 0 atom stereocenters. The highest BCUT2D eigenvalue weighted by Crippen LogP contribution is 2.16. The van der Waals surface area contributed by atoms with Crippen LogP contribution in [0.1, 0.15) is 47.2 Å². The van der Waals surface area contributed by atoms with Gasteiger partial charge >= 0.3 is 0 Å². The number of furan rings is 1. The number of carbonyl (C=O) groups is 1. The molecule has 0 N–H and O–H groups in total. The van der Waals surface area contributed by atoms with Gasteiger partial charge in [0.2, 0.25) is 0 Å². The predicted octanol–water partition coefficient (Wildman–Crippen LogP) is 3.98. The molecule has 0 spiro atoms. The van der Waals surface area contributed by atoms with Crippen molar-refractivity contribution in [3.8, 4) is 0 Å². The number of carbonyl (C=O) groups excluding carboxylic acids is 1.